The van der Waals surface area contributed by atoms with Crippen molar-refractivity contribution < 1.29 is 0 Å². The van der Waals surface area contributed by atoms with Gasteiger partial charge in [-0.3, -0.25) is 0 Å². The second kappa shape index (κ2) is 18.8. The predicted octanol–water partition coefficient (Wildman–Crippen LogP) is 9.63. The van der Waals surface area contributed by atoms with E-state index in [1.807, 2.05) is 0 Å². The largest absolute Gasteiger partial charge is 0.0776 e. The molecule has 2 saturated carbocycles. The van der Waals surface area contributed by atoms with E-state index < -0.39 is 0 Å². The molecule has 25 heavy (non-hydrogen) atoms. The summed E-state index contributed by atoms with van der Waals surface area (Å²) >= 11 is 0. The summed E-state index contributed by atoms with van der Waals surface area (Å²) < 4.78 is 0. The Labute approximate surface area is 164 Å². The Morgan fingerprint density at radius 3 is 1.32 bits per heavy atom. The van der Waals surface area contributed by atoms with Crippen LogP contribution in [-0.2, 0) is 0 Å². The summed E-state index contributed by atoms with van der Waals surface area (Å²) in [5.41, 5.74) is 0. The Bertz CT molecular complexity index is 223. The quantitative estimate of drug-likeness (QED) is 0.460. The smallest absolute Gasteiger partial charge is 0.0383 e. The van der Waals surface area contributed by atoms with Gasteiger partial charge in [0.25, 0.3) is 0 Å². The first-order valence-corrected chi connectivity index (χ1v) is 11.2. The minimum Gasteiger partial charge on any atom is -0.0776 e. The Balaban J connectivity index is -0.000000271. The molecule has 2 aliphatic rings. The minimum absolute atomic E-state index is 0. The van der Waals surface area contributed by atoms with Gasteiger partial charge in [0.05, 0.1) is 0 Å². The van der Waals surface area contributed by atoms with Gasteiger partial charge < -0.3 is 0 Å². The highest BCUT2D eigenvalue weighted by atomic mass is 14.4. The summed E-state index contributed by atoms with van der Waals surface area (Å²) in [6.45, 7) is 22.6. The van der Waals surface area contributed by atoms with Crippen molar-refractivity contribution in [1.82, 2.24) is 0 Å². The SMILES string of the molecule is C.CC1CC(C)C1.CCC.CCC(C)CC1CC1C.CCCC(C)C. The molecule has 2 aliphatic carbocycles. The third kappa shape index (κ3) is 22.0. The molecule has 0 aromatic rings. The first-order valence-electron chi connectivity index (χ1n) is 11.2. The van der Waals surface area contributed by atoms with Gasteiger partial charge in [0.2, 0.25) is 0 Å². The van der Waals surface area contributed by atoms with E-state index in [-0.39, 0.29) is 7.43 Å². The lowest BCUT2D eigenvalue weighted by Gasteiger charge is -2.28. The third-order valence-electron chi connectivity index (χ3n) is 5.15. The molecule has 0 amide bonds. The van der Waals surface area contributed by atoms with Gasteiger partial charge in [-0.2, -0.15) is 0 Å². The first-order chi connectivity index (χ1) is 11.2. The highest BCUT2D eigenvalue weighted by Crippen LogP contribution is 2.42. The fourth-order valence-electron chi connectivity index (χ4n) is 3.29. The van der Waals surface area contributed by atoms with Crippen molar-refractivity contribution in [1.29, 1.82) is 0 Å². The van der Waals surface area contributed by atoms with Crippen LogP contribution in [0.2, 0.25) is 0 Å². The Morgan fingerprint density at radius 1 is 0.800 bits per heavy atom. The molecule has 3 atom stereocenters. The fraction of sp³-hybridized carbons (Fsp3) is 1.00. The van der Waals surface area contributed by atoms with Gasteiger partial charge in [-0.05, 0) is 61.2 Å². The Kier molecular flexibility index (Phi) is 22.4. The molecule has 0 heterocycles. The maximum atomic E-state index is 2.37. The van der Waals surface area contributed by atoms with Crippen LogP contribution in [0.1, 0.15) is 128 Å². The lowest BCUT2D eigenvalue weighted by atomic mass is 9.78. The third-order valence-corrected chi connectivity index (χ3v) is 5.15. The van der Waals surface area contributed by atoms with Gasteiger partial charge in [0.1, 0.15) is 0 Å². The van der Waals surface area contributed by atoms with Crippen molar-refractivity contribution in [3.05, 3.63) is 0 Å². The summed E-state index contributed by atoms with van der Waals surface area (Å²) in [7, 11) is 0. The van der Waals surface area contributed by atoms with Crippen LogP contribution in [0, 0.1) is 35.5 Å². The highest BCUT2D eigenvalue weighted by molar-refractivity contribution is 4.83. The molecule has 2 fully saturated rings. The van der Waals surface area contributed by atoms with Crippen molar-refractivity contribution in [2.45, 2.75) is 128 Å². The lowest BCUT2D eigenvalue weighted by Crippen LogP contribution is -2.16. The van der Waals surface area contributed by atoms with Gasteiger partial charge in [-0.1, -0.05) is 102 Å². The molecule has 0 spiro atoms. The number of hydrogen-bond acceptors (Lipinski definition) is 0. The predicted molar refractivity (Wildman–Crippen MR) is 121 cm³/mol. The van der Waals surface area contributed by atoms with E-state index in [2.05, 4.69) is 69.2 Å². The van der Waals surface area contributed by atoms with E-state index in [1.165, 1.54) is 51.4 Å². The number of rotatable bonds is 5. The molecular weight excluding hydrogens is 300 g/mol. The molecule has 0 heteroatoms. The van der Waals surface area contributed by atoms with Crippen LogP contribution in [0.15, 0.2) is 0 Å². The van der Waals surface area contributed by atoms with Crippen LogP contribution in [0.4, 0.5) is 0 Å². The van der Waals surface area contributed by atoms with Crippen molar-refractivity contribution >= 4 is 0 Å². The van der Waals surface area contributed by atoms with Crippen molar-refractivity contribution in [2.75, 3.05) is 0 Å². The van der Waals surface area contributed by atoms with Gasteiger partial charge in [-0.25, -0.2) is 0 Å². The van der Waals surface area contributed by atoms with Crippen LogP contribution < -0.4 is 0 Å². The second-order valence-electron chi connectivity index (χ2n) is 9.29. The van der Waals surface area contributed by atoms with E-state index in [1.54, 1.807) is 0 Å². The Morgan fingerprint density at radius 2 is 1.20 bits per heavy atom. The highest BCUT2D eigenvalue weighted by Gasteiger charge is 2.32. The molecule has 0 nitrogen and oxygen atoms in total. The van der Waals surface area contributed by atoms with Gasteiger partial charge in [-0.15, -0.1) is 0 Å². The lowest BCUT2D eigenvalue weighted by molar-refractivity contribution is 0.233. The minimum atomic E-state index is 0. The summed E-state index contributed by atoms with van der Waals surface area (Å²) in [6, 6.07) is 0. The Hall–Kier alpha value is 0. The van der Waals surface area contributed by atoms with E-state index >= 15 is 0 Å². The first kappa shape index (κ1) is 29.8. The monoisotopic (exact) mass is 356 g/mol. The van der Waals surface area contributed by atoms with Crippen molar-refractivity contribution in [3.63, 3.8) is 0 Å². The molecule has 0 saturated heterocycles. The maximum Gasteiger partial charge on any atom is -0.0383 e. The van der Waals surface area contributed by atoms with Crippen LogP contribution in [0.25, 0.3) is 0 Å². The van der Waals surface area contributed by atoms with Crippen molar-refractivity contribution in [2.24, 2.45) is 35.5 Å². The normalized spacial score (nSPS) is 27.0. The fourth-order valence-corrected chi connectivity index (χ4v) is 3.29. The average Bonchev–Trinajstić information content (AvgIpc) is 3.14. The van der Waals surface area contributed by atoms with Crippen LogP contribution in [0.5, 0.6) is 0 Å². The molecule has 0 bridgehead atoms. The summed E-state index contributed by atoms with van der Waals surface area (Å²) in [4.78, 5) is 0. The standard InChI is InChI=1S/C9H18.C6H12.C6H14.C3H8.CH4/c1-4-7(2)5-9-6-8(9)3;1-5-3-6(2)4-5;1-4-5-6(2)3;1-3-2;/h7-9H,4-6H2,1-3H3;5-6H,3-4H2,1-2H3;6H,4-5H2,1-3H3;3H2,1-2H3;1H4. The number of hydrogen-bond donors (Lipinski definition) is 0. The zero-order valence-corrected chi connectivity index (χ0v) is 19.1. The molecule has 0 radical (unpaired) electrons. The van der Waals surface area contributed by atoms with Crippen LogP contribution >= 0.6 is 0 Å². The van der Waals surface area contributed by atoms with Gasteiger partial charge >= 0.3 is 0 Å². The van der Waals surface area contributed by atoms with Crippen LogP contribution in [0.3, 0.4) is 0 Å². The molecule has 156 valence electrons. The van der Waals surface area contributed by atoms with E-state index in [0.717, 1.165) is 35.5 Å². The maximum absolute atomic E-state index is 2.37. The summed E-state index contributed by atoms with van der Waals surface area (Å²) in [5, 5.41) is 0. The van der Waals surface area contributed by atoms with E-state index in [9.17, 15) is 0 Å². The molecule has 0 N–H and O–H groups in total. The zero-order valence-electron chi connectivity index (χ0n) is 19.1. The molecule has 0 aliphatic heterocycles. The molecule has 2 rings (SSSR count). The second-order valence-corrected chi connectivity index (χ2v) is 9.29. The molecular formula is C25H56. The molecule has 3 unspecified atom stereocenters. The van der Waals surface area contributed by atoms with Gasteiger partial charge in [0.15, 0.2) is 0 Å². The van der Waals surface area contributed by atoms with Crippen molar-refractivity contribution in [3.8, 4) is 0 Å². The van der Waals surface area contributed by atoms with E-state index in [0.29, 0.717) is 0 Å². The van der Waals surface area contributed by atoms with E-state index in [4.69, 9.17) is 0 Å². The van der Waals surface area contributed by atoms with Gasteiger partial charge in [0, 0.05) is 0 Å². The van der Waals surface area contributed by atoms with Crippen LogP contribution in [-0.4, -0.2) is 0 Å². The molecule has 0 aromatic heterocycles. The zero-order chi connectivity index (χ0) is 19.1. The molecule has 0 aromatic carbocycles. The average molecular weight is 357 g/mol. The summed E-state index contributed by atoms with van der Waals surface area (Å²) in [6.07, 6.45) is 11.3. The topological polar surface area (TPSA) is 0 Å². The summed E-state index contributed by atoms with van der Waals surface area (Å²) in [5.74, 6) is 6.11.